The van der Waals surface area contributed by atoms with E-state index in [0.717, 1.165) is 18.0 Å². The smallest absolute Gasteiger partial charge is 0.306 e. The fourth-order valence-electron chi connectivity index (χ4n) is 1.58. The molecule has 6 nitrogen and oxygen atoms in total. The molecule has 1 aromatic rings. The van der Waals surface area contributed by atoms with Gasteiger partial charge in [-0.3, -0.25) is 4.79 Å². The third-order valence-corrected chi connectivity index (χ3v) is 4.01. The second-order valence-electron chi connectivity index (χ2n) is 4.05. The normalized spacial score (nSPS) is 17.0. The molecule has 21 heavy (non-hydrogen) atoms. The molecular weight excluding hydrogens is 334 g/mol. The number of rotatable bonds is 4. The van der Waals surface area contributed by atoms with E-state index in [2.05, 4.69) is 5.32 Å². The SMILES string of the molecule is COc1cc(C=C2SC(=S)NC2=O)ccc1OS(C)(=O)=O. The summed E-state index contributed by atoms with van der Waals surface area (Å²) in [6.07, 6.45) is 2.58. The molecule has 2 rings (SSSR count). The summed E-state index contributed by atoms with van der Waals surface area (Å²) < 4.78 is 32.6. The van der Waals surface area contributed by atoms with E-state index in [0.29, 0.717) is 14.8 Å². The van der Waals surface area contributed by atoms with Crippen LogP contribution in [-0.4, -0.2) is 32.0 Å². The Morgan fingerprint density at radius 3 is 2.57 bits per heavy atom. The average molecular weight is 345 g/mol. The minimum Gasteiger partial charge on any atom is -0.493 e. The first kappa shape index (κ1) is 15.8. The Bertz CT molecular complexity index is 739. The molecule has 1 fully saturated rings. The van der Waals surface area contributed by atoms with Crippen molar-refractivity contribution in [3.63, 3.8) is 0 Å². The number of benzene rings is 1. The first-order chi connectivity index (χ1) is 9.78. The van der Waals surface area contributed by atoms with E-state index in [9.17, 15) is 13.2 Å². The van der Waals surface area contributed by atoms with Crippen LogP contribution in [0, 0.1) is 0 Å². The fourth-order valence-corrected chi connectivity index (χ4v) is 3.09. The molecule has 9 heteroatoms. The van der Waals surface area contributed by atoms with Crippen LogP contribution in [-0.2, 0) is 14.9 Å². The fraction of sp³-hybridized carbons (Fsp3) is 0.167. The van der Waals surface area contributed by atoms with E-state index in [1.165, 1.54) is 13.2 Å². The number of thiocarbonyl (C=S) groups is 1. The maximum atomic E-state index is 11.6. The van der Waals surface area contributed by atoms with Gasteiger partial charge in [0.1, 0.15) is 4.32 Å². The number of hydrogen-bond acceptors (Lipinski definition) is 7. The van der Waals surface area contributed by atoms with Gasteiger partial charge in [0, 0.05) is 0 Å². The summed E-state index contributed by atoms with van der Waals surface area (Å²) in [4.78, 5) is 12.0. The average Bonchev–Trinajstić information content (AvgIpc) is 2.68. The molecule has 0 unspecified atom stereocenters. The maximum absolute atomic E-state index is 11.6. The van der Waals surface area contributed by atoms with E-state index in [-0.39, 0.29) is 17.4 Å². The Kier molecular flexibility index (Phi) is 4.55. The molecule has 1 heterocycles. The molecule has 0 radical (unpaired) electrons. The predicted octanol–water partition coefficient (Wildman–Crippen LogP) is 1.52. The summed E-state index contributed by atoms with van der Waals surface area (Å²) >= 11 is 6.06. The van der Waals surface area contributed by atoms with Gasteiger partial charge in [0.2, 0.25) is 0 Å². The number of methoxy groups -OCH3 is 1. The highest BCUT2D eigenvalue weighted by Gasteiger charge is 2.22. The van der Waals surface area contributed by atoms with Crippen LogP contribution in [0.1, 0.15) is 5.56 Å². The van der Waals surface area contributed by atoms with Crippen molar-refractivity contribution in [2.24, 2.45) is 0 Å². The highest BCUT2D eigenvalue weighted by atomic mass is 32.2. The molecule has 1 amide bonds. The number of carbonyl (C=O) groups is 1. The first-order valence-corrected chi connectivity index (χ1v) is 8.65. The number of hydrogen-bond donors (Lipinski definition) is 1. The minimum absolute atomic E-state index is 0.0844. The predicted molar refractivity (Wildman–Crippen MR) is 84.8 cm³/mol. The third kappa shape index (κ3) is 4.19. The Morgan fingerprint density at radius 2 is 2.05 bits per heavy atom. The van der Waals surface area contributed by atoms with Crippen molar-refractivity contribution in [3.8, 4) is 11.5 Å². The van der Waals surface area contributed by atoms with Gasteiger partial charge in [0.15, 0.2) is 11.5 Å². The van der Waals surface area contributed by atoms with Gasteiger partial charge in [-0.25, -0.2) is 0 Å². The first-order valence-electron chi connectivity index (χ1n) is 5.61. The van der Waals surface area contributed by atoms with Gasteiger partial charge in [-0.2, -0.15) is 8.42 Å². The van der Waals surface area contributed by atoms with E-state index in [4.69, 9.17) is 21.1 Å². The summed E-state index contributed by atoms with van der Waals surface area (Å²) in [5.74, 6) is 0.0717. The summed E-state index contributed by atoms with van der Waals surface area (Å²) in [6.45, 7) is 0. The zero-order valence-electron chi connectivity index (χ0n) is 11.1. The van der Waals surface area contributed by atoms with Crippen molar-refractivity contribution in [3.05, 3.63) is 28.7 Å². The number of carbonyl (C=O) groups excluding carboxylic acids is 1. The number of amides is 1. The van der Waals surface area contributed by atoms with Crippen molar-refractivity contribution < 1.29 is 22.1 Å². The lowest BCUT2D eigenvalue weighted by Crippen LogP contribution is -2.17. The molecule has 1 aromatic carbocycles. The van der Waals surface area contributed by atoms with Crippen molar-refractivity contribution in [1.29, 1.82) is 0 Å². The highest BCUT2D eigenvalue weighted by Crippen LogP contribution is 2.32. The van der Waals surface area contributed by atoms with Gasteiger partial charge >= 0.3 is 10.1 Å². The van der Waals surface area contributed by atoms with Crippen molar-refractivity contribution in [1.82, 2.24) is 5.32 Å². The van der Waals surface area contributed by atoms with Crippen LogP contribution in [0.15, 0.2) is 23.1 Å². The molecule has 1 aliphatic rings. The number of thioether (sulfide) groups is 1. The molecule has 112 valence electrons. The Balaban J connectivity index is 2.33. The molecule has 1 N–H and O–H groups in total. The summed E-state index contributed by atoms with van der Waals surface area (Å²) in [5, 5.41) is 2.51. The highest BCUT2D eigenvalue weighted by molar-refractivity contribution is 8.26. The van der Waals surface area contributed by atoms with Crippen LogP contribution in [0.4, 0.5) is 0 Å². The quantitative estimate of drug-likeness (QED) is 0.503. The Labute approximate surface area is 131 Å². The van der Waals surface area contributed by atoms with Gasteiger partial charge in [-0.05, 0) is 23.8 Å². The summed E-state index contributed by atoms with van der Waals surface area (Å²) in [5.41, 5.74) is 0.662. The monoisotopic (exact) mass is 345 g/mol. The van der Waals surface area contributed by atoms with Crippen LogP contribution < -0.4 is 14.2 Å². The van der Waals surface area contributed by atoms with Crippen molar-refractivity contribution in [2.45, 2.75) is 0 Å². The summed E-state index contributed by atoms with van der Waals surface area (Å²) in [7, 11) is -2.25. The van der Waals surface area contributed by atoms with Gasteiger partial charge in [0.05, 0.1) is 18.3 Å². The maximum Gasteiger partial charge on any atom is 0.306 e. The second-order valence-corrected chi connectivity index (χ2v) is 7.34. The molecule has 0 aromatic heterocycles. The lowest BCUT2D eigenvalue weighted by Gasteiger charge is -2.09. The number of ether oxygens (including phenoxy) is 1. The van der Waals surface area contributed by atoms with Crippen LogP contribution in [0.25, 0.3) is 6.08 Å². The van der Waals surface area contributed by atoms with Crippen LogP contribution in [0.5, 0.6) is 11.5 Å². The Morgan fingerprint density at radius 1 is 1.33 bits per heavy atom. The van der Waals surface area contributed by atoms with E-state index in [1.54, 1.807) is 18.2 Å². The molecule has 0 atom stereocenters. The molecule has 0 spiro atoms. The topological polar surface area (TPSA) is 81.7 Å². The van der Waals surface area contributed by atoms with Crippen molar-refractivity contribution >= 4 is 50.4 Å². The standard InChI is InChI=1S/C12H11NO5S3/c1-17-9-5-7(3-4-8(9)18-21(2,15)16)6-10-11(14)13-12(19)20-10/h3-6H,1-2H3,(H,13,14,19). The van der Waals surface area contributed by atoms with Crippen LogP contribution in [0.2, 0.25) is 0 Å². The molecular formula is C12H11NO5S3. The largest absolute Gasteiger partial charge is 0.493 e. The molecule has 1 aliphatic heterocycles. The zero-order valence-corrected chi connectivity index (χ0v) is 13.5. The minimum atomic E-state index is -3.64. The van der Waals surface area contributed by atoms with Gasteiger partial charge in [-0.1, -0.05) is 30.0 Å². The Hall–Kier alpha value is -1.58. The van der Waals surface area contributed by atoms with Crippen molar-refractivity contribution in [2.75, 3.05) is 13.4 Å². The van der Waals surface area contributed by atoms with E-state index >= 15 is 0 Å². The van der Waals surface area contributed by atoms with Gasteiger partial charge in [0.25, 0.3) is 5.91 Å². The number of nitrogens with one attached hydrogen (secondary N) is 1. The van der Waals surface area contributed by atoms with Crippen LogP contribution >= 0.6 is 24.0 Å². The van der Waals surface area contributed by atoms with Gasteiger partial charge < -0.3 is 14.2 Å². The third-order valence-electron chi connectivity index (χ3n) is 2.37. The molecule has 1 saturated heterocycles. The van der Waals surface area contributed by atoms with E-state index < -0.39 is 10.1 Å². The van der Waals surface area contributed by atoms with E-state index in [1.807, 2.05) is 0 Å². The summed E-state index contributed by atoms with van der Waals surface area (Å²) in [6, 6.07) is 4.65. The molecule has 0 saturated carbocycles. The second kappa shape index (κ2) is 6.04. The lowest BCUT2D eigenvalue weighted by molar-refractivity contribution is -0.115. The molecule has 0 bridgehead atoms. The van der Waals surface area contributed by atoms with Crippen LogP contribution in [0.3, 0.4) is 0 Å². The molecule has 0 aliphatic carbocycles. The lowest BCUT2D eigenvalue weighted by atomic mass is 10.2. The van der Waals surface area contributed by atoms with Gasteiger partial charge in [-0.15, -0.1) is 0 Å². The zero-order chi connectivity index (χ0) is 15.6.